The van der Waals surface area contributed by atoms with Crippen LogP contribution in [0.4, 0.5) is 0 Å². The van der Waals surface area contributed by atoms with Gasteiger partial charge in [0, 0.05) is 5.92 Å². The van der Waals surface area contributed by atoms with E-state index >= 15 is 0 Å². The number of hydrogen-bond donors (Lipinski definition) is 0. The zero-order chi connectivity index (χ0) is 15.4. The standard InChI is InChI=1S/C17H26O4/c1-5-16(3,4)14(18)21-13-10(2)11-8-12(13)17(9-11)6-7-20-15(17)19/h10-13H,5-9H2,1-4H3. The molecule has 0 aromatic rings. The fraction of sp³-hybridized carbons (Fsp3) is 0.882. The Balaban J connectivity index is 1.80. The normalized spacial score (nSPS) is 41.6. The van der Waals surface area contributed by atoms with E-state index in [1.165, 1.54) is 0 Å². The SMILES string of the molecule is CCC(C)(C)C(=O)OC1C(C)C2CC1C1(CCOC1=O)C2. The Kier molecular flexibility index (Phi) is 3.34. The molecule has 0 aromatic carbocycles. The van der Waals surface area contributed by atoms with E-state index in [0.717, 1.165) is 25.7 Å². The van der Waals surface area contributed by atoms with E-state index in [-0.39, 0.29) is 29.4 Å². The Bertz CT molecular complexity index is 469. The minimum absolute atomic E-state index is 0.0577. The Hall–Kier alpha value is -1.06. The molecule has 2 bridgehead atoms. The number of fused-ring (bicyclic) bond motifs is 3. The molecule has 3 aliphatic rings. The number of hydrogen-bond acceptors (Lipinski definition) is 4. The summed E-state index contributed by atoms with van der Waals surface area (Å²) in [5.41, 5.74) is -0.816. The summed E-state index contributed by atoms with van der Waals surface area (Å²) in [5, 5.41) is 0. The van der Waals surface area contributed by atoms with Crippen molar-refractivity contribution < 1.29 is 19.1 Å². The molecule has 21 heavy (non-hydrogen) atoms. The van der Waals surface area contributed by atoms with E-state index < -0.39 is 5.41 Å². The second-order valence-electron chi connectivity index (χ2n) is 7.81. The van der Waals surface area contributed by atoms with Gasteiger partial charge in [0.25, 0.3) is 0 Å². The molecule has 3 rings (SSSR count). The molecule has 1 saturated heterocycles. The molecule has 118 valence electrons. The Morgan fingerprint density at radius 2 is 2.19 bits per heavy atom. The second kappa shape index (κ2) is 4.72. The maximum absolute atomic E-state index is 12.4. The molecular weight excluding hydrogens is 268 g/mol. The smallest absolute Gasteiger partial charge is 0.312 e. The highest BCUT2D eigenvalue weighted by molar-refractivity contribution is 5.80. The molecule has 4 nitrogen and oxygen atoms in total. The minimum Gasteiger partial charge on any atom is -0.465 e. The van der Waals surface area contributed by atoms with Crippen molar-refractivity contribution in [2.24, 2.45) is 28.6 Å². The summed E-state index contributed by atoms with van der Waals surface area (Å²) in [7, 11) is 0. The van der Waals surface area contributed by atoms with Crippen molar-refractivity contribution in [3.63, 3.8) is 0 Å². The van der Waals surface area contributed by atoms with Crippen LogP contribution in [0.25, 0.3) is 0 Å². The van der Waals surface area contributed by atoms with Crippen molar-refractivity contribution in [3.8, 4) is 0 Å². The zero-order valence-electron chi connectivity index (χ0n) is 13.5. The van der Waals surface area contributed by atoms with Crippen LogP contribution in [-0.2, 0) is 19.1 Å². The van der Waals surface area contributed by atoms with Crippen molar-refractivity contribution in [3.05, 3.63) is 0 Å². The predicted molar refractivity (Wildman–Crippen MR) is 77.3 cm³/mol. The second-order valence-corrected chi connectivity index (χ2v) is 7.81. The van der Waals surface area contributed by atoms with Gasteiger partial charge in [-0.1, -0.05) is 13.8 Å². The van der Waals surface area contributed by atoms with Crippen molar-refractivity contribution >= 4 is 11.9 Å². The highest BCUT2D eigenvalue weighted by atomic mass is 16.6. The molecule has 1 spiro atoms. The van der Waals surface area contributed by atoms with E-state index in [0.29, 0.717) is 18.4 Å². The lowest BCUT2D eigenvalue weighted by atomic mass is 9.68. The van der Waals surface area contributed by atoms with Crippen LogP contribution < -0.4 is 0 Å². The summed E-state index contributed by atoms with van der Waals surface area (Å²) < 4.78 is 11.1. The summed E-state index contributed by atoms with van der Waals surface area (Å²) in [6, 6.07) is 0. The maximum Gasteiger partial charge on any atom is 0.312 e. The Morgan fingerprint density at radius 3 is 2.71 bits per heavy atom. The molecule has 5 atom stereocenters. The molecule has 2 saturated carbocycles. The third-order valence-electron chi connectivity index (χ3n) is 6.42. The van der Waals surface area contributed by atoms with Gasteiger partial charge in [0.1, 0.15) is 6.10 Å². The Morgan fingerprint density at radius 1 is 1.48 bits per heavy atom. The summed E-state index contributed by atoms with van der Waals surface area (Å²) in [6.45, 7) is 8.53. The van der Waals surface area contributed by atoms with Crippen LogP contribution in [0, 0.1) is 28.6 Å². The van der Waals surface area contributed by atoms with Crippen LogP contribution in [0.2, 0.25) is 0 Å². The zero-order valence-corrected chi connectivity index (χ0v) is 13.5. The molecule has 1 heterocycles. The van der Waals surface area contributed by atoms with Gasteiger partial charge >= 0.3 is 11.9 Å². The molecular formula is C17H26O4. The van der Waals surface area contributed by atoms with Gasteiger partial charge in [0.15, 0.2) is 0 Å². The first-order valence-electron chi connectivity index (χ1n) is 8.20. The van der Waals surface area contributed by atoms with Crippen LogP contribution in [-0.4, -0.2) is 24.6 Å². The van der Waals surface area contributed by atoms with Crippen molar-refractivity contribution in [2.45, 2.75) is 59.5 Å². The van der Waals surface area contributed by atoms with E-state index in [1.807, 2.05) is 20.8 Å². The maximum atomic E-state index is 12.4. The molecule has 1 aliphatic heterocycles. The molecule has 0 aromatic heterocycles. The monoisotopic (exact) mass is 294 g/mol. The number of cyclic esters (lactones) is 1. The van der Waals surface area contributed by atoms with Crippen LogP contribution >= 0.6 is 0 Å². The van der Waals surface area contributed by atoms with Gasteiger partial charge in [-0.05, 0) is 51.4 Å². The quantitative estimate of drug-likeness (QED) is 0.751. The first-order chi connectivity index (χ1) is 9.82. The van der Waals surface area contributed by atoms with E-state index in [1.54, 1.807) is 0 Å². The number of rotatable bonds is 3. The molecule has 2 aliphatic carbocycles. The average molecular weight is 294 g/mol. The number of carbonyl (C=O) groups is 2. The molecule has 0 amide bonds. The molecule has 5 unspecified atom stereocenters. The third kappa shape index (κ3) is 2.01. The van der Waals surface area contributed by atoms with Crippen molar-refractivity contribution in [1.82, 2.24) is 0 Å². The van der Waals surface area contributed by atoms with Gasteiger partial charge in [-0.3, -0.25) is 9.59 Å². The molecule has 0 N–H and O–H groups in total. The van der Waals surface area contributed by atoms with Crippen LogP contribution in [0.1, 0.15) is 53.4 Å². The Labute approximate surface area is 126 Å². The summed E-state index contributed by atoms with van der Waals surface area (Å²) >= 11 is 0. The first-order valence-corrected chi connectivity index (χ1v) is 8.20. The van der Waals surface area contributed by atoms with E-state index in [4.69, 9.17) is 9.47 Å². The molecule has 3 fully saturated rings. The van der Waals surface area contributed by atoms with Crippen LogP contribution in [0.15, 0.2) is 0 Å². The third-order valence-corrected chi connectivity index (χ3v) is 6.42. The predicted octanol–water partition coefficient (Wildman–Crippen LogP) is 2.94. The fourth-order valence-electron chi connectivity index (χ4n) is 4.45. The topological polar surface area (TPSA) is 52.6 Å². The largest absolute Gasteiger partial charge is 0.465 e. The fourth-order valence-corrected chi connectivity index (χ4v) is 4.45. The first kappa shape index (κ1) is 14.9. The van der Waals surface area contributed by atoms with Gasteiger partial charge in [0.2, 0.25) is 0 Å². The number of esters is 2. The van der Waals surface area contributed by atoms with Crippen molar-refractivity contribution in [2.75, 3.05) is 6.61 Å². The van der Waals surface area contributed by atoms with E-state index in [9.17, 15) is 9.59 Å². The van der Waals surface area contributed by atoms with E-state index in [2.05, 4.69) is 6.92 Å². The lowest BCUT2D eigenvalue weighted by Gasteiger charge is -2.39. The van der Waals surface area contributed by atoms with Crippen LogP contribution in [0.5, 0.6) is 0 Å². The van der Waals surface area contributed by atoms with Crippen molar-refractivity contribution in [1.29, 1.82) is 0 Å². The average Bonchev–Trinajstić information content (AvgIpc) is 3.08. The number of carbonyl (C=O) groups excluding carboxylic acids is 2. The highest BCUT2D eigenvalue weighted by Crippen LogP contribution is 2.62. The summed E-state index contributed by atoms with van der Waals surface area (Å²) in [4.78, 5) is 24.6. The summed E-state index contributed by atoms with van der Waals surface area (Å²) in [6.07, 6.45) is 3.36. The lowest BCUT2D eigenvalue weighted by Crippen LogP contribution is -2.46. The van der Waals surface area contributed by atoms with Gasteiger partial charge < -0.3 is 9.47 Å². The number of ether oxygens (including phenoxy) is 2. The highest BCUT2D eigenvalue weighted by Gasteiger charge is 2.65. The molecule has 0 radical (unpaired) electrons. The minimum atomic E-state index is -0.453. The van der Waals surface area contributed by atoms with Gasteiger partial charge in [-0.25, -0.2) is 0 Å². The van der Waals surface area contributed by atoms with Crippen LogP contribution in [0.3, 0.4) is 0 Å². The van der Waals surface area contributed by atoms with Gasteiger partial charge in [-0.15, -0.1) is 0 Å². The van der Waals surface area contributed by atoms with Gasteiger partial charge in [-0.2, -0.15) is 0 Å². The van der Waals surface area contributed by atoms with Gasteiger partial charge in [0.05, 0.1) is 17.4 Å². The summed E-state index contributed by atoms with van der Waals surface area (Å²) in [5.74, 6) is 0.812. The molecule has 4 heteroatoms. The lowest BCUT2D eigenvalue weighted by molar-refractivity contribution is -0.173.